The van der Waals surface area contributed by atoms with Gasteiger partial charge in [0.1, 0.15) is 18.0 Å². The Hall–Kier alpha value is -0.250. The van der Waals surface area contributed by atoms with Gasteiger partial charge in [-0.05, 0) is 31.7 Å². The number of nitrogens with zero attached hydrogens (tertiary/aromatic N) is 2. The third-order valence-corrected chi connectivity index (χ3v) is 6.70. The molecule has 2 aliphatic heterocycles. The average Bonchev–Trinajstić information content (AvgIpc) is 2.69. The van der Waals surface area contributed by atoms with Crippen LogP contribution in [0.1, 0.15) is 20.1 Å². The zero-order chi connectivity index (χ0) is 17.7. The van der Waals surface area contributed by atoms with Crippen LogP contribution in [0.2, 0.25) is 0 Å². The SMILES string of the molecule is CC(C)O[P@]1(=S)OC[C@H]2O[C@@H](n3ccc(N)nc3=O)C(Cl)(Cl)[C@@H]2O1. The quantitative estimate of drug-likeness (QED) is 0.590. The predicted octanol–water partition coefficient (Wildman–Crippen LogP) is 1.96. The van der Waals surface area contributed by atoms with Gasteiger partial charge in [0.05, 0.1) is 12.7 Å². The molecule has 12 heteroatoms. The van der Waals surface area contributed by atoms with Crippen molar-refractivity contribution in [2.75, 3.05) is 12.3 Å². The third-order valence-electron chi connectivity index (χ3n) is 3.43. The monoisotopic (exact) mass is 415 g/mol. The lowest BCUT2D eigenvalue weighted by atomic mass is 10.2. The molecule has 8 nitrogen and oxygen atoms in total. The van der Waals surface area contributed by atoms with Crippen LogP contribution in [-0.2, 0) is 30.1 Å². The summed E-state index contributed by atoms with van der Waals surface area (Å²) < 4.78 is 22.2. The first-order valence-corrected chi connectivity index (χ1v) is 10.4. The minimum Gasteiger partial charge on any atom is -0.383 e. The number of ether oxygens (including phenoxy) is 1. The molecule has 1 aromatic rings. The molecule has 0 bridgehead atoms. The molecule has 0 radical (unpaired) electrons. The van der Waals surface area contributed by atoms with E-state index < -0.39 is 35.2 Å². The number of alkyl halides is 2. The van der Waals surface area contributed by atoms with E-state index in [2.05, 4.69) is 4.98 Å². The van der Waals surface area contributed by atoms with Gasteiger partial charge in [-0.15, -0.1) is 0 Å². The Balaban J connectivity index is 1.90. The van der Waals surface area contributed by atoms with Crippen molar-refractivity contribution in [3.63, 3.8) is 0 Å². The zero-order valence-electron chi connectivity index (χ0n) is 12.8. The molecule has 0 aromatic carbocycles. The molecule has 2 aliphatic rings. The van der Waals surface area contributed by atoms with Gasteiger partial charge in [0.15, 0.2) is 10.6 Å². The van der Waals surface area contributed by atoms with Gasteiger partial charge in [0.25, 0.3) is 0 Å². The first kappa shape index (κ1) is 18.5. The summed E-state index contributed by atoms with van der Waals surface area (Å²) in [6.45, 7) is 0.734. The van der Waals surface area contributed by atoms with E-state index in [0.717, 1.165) is 4.57 Å². The molecular formula is C12H16Cl2N3O5PS. The topological polar surface area (TPSA) is 97.8 Å². The standard InChI is InChI=1S/C12H16Cl2N3O5PS/c1-6(2)21-23(24)19-5-7-9(22-23)12(13,14)10(20-7)17-4-3-8(15)16-11(17)18/h3-4,6-7,9-10H,5H2,1-2H3,(H2,15,16,18)/t7-,9-,10-,23-/m1/s1. The van der Waals surface area contributed by atoms with Crippen LogP contribution in [0.25, 0.3) is 0 Å². The number of aromatic nitrogens is 2. The van der Waals surface area contributed by atoms with Crippen LogP contribution >= 0.6 is 29.9 Å². The predicted molar refractivity (Wildman–Crippen MR) is 92.6 cm³/mol. The van der Waals surface area contributed by atoms with E-state index in [4.69, 9.17) is 59.1 Å². The highest BCUT2D eigenvalue weighted by molar-refractivity contribution is 8.07. The number of halogens is 2. The number of anilines is 1. The lowest BCUT2D eigenvalue weighted by Crippen LogP contribution is -2.43. The normalized spacial score (nSPS) is 35.1. The Morgan fingerprint density at radius 1 is 1.58 bits per heavy atom. The maximum atomic E-state index is 12.1. The van der Waals surface area contributed by atoms with Gasteiger partial charge in [0, 0.05) is 6.20 Å². The van der Waals surface area contributed by atoms with Gasteiger partial charge in [-0.3, -0.25) is 9.09 Å². The number of fused-ring (bicyclic) bond motifs is 1. The van der Waals surface area contributed by atoms with E-state index in [1.165, 1.54) is 12.3 Å². The average molecular weight is 416 g/mol. The molecule has 2 fully saturated rings. The molecule has 0 aliphatic carbocycles. The van der Waals surface area contributed by atoms with E-state index in [-0.39, 0.29) is 18.5 Å². The summed E-state index contributed by atoms with van der Waals surface area (Å²) in [5.74, 6) is 0.0850. The lowest BCUT2D eigenvalue weighted by molar-refractivity contribution is -0.0650. The van der Waals surface area contributed by atoms with Gasteiger partial charge in [-0.2, -0.15) is 4.98 Å². The molecule has 134 valence electrons. The van der Waals surface area contributed by atoms with Gasteiger partial charge >= 0.3 is 12.4 Å². The van der Waals surface area contributed by atoms with Crippen molar-refractivity contribution < 1.29 is 18.3 Å². The summed E-state index contributed by atoms with van der Waals surface area (Å²) in [5, 5.41) is 0. The first-order chi connectivity index (χ1) is 11.1. The highest BCUT2D eigenvalue weighted by atomic mass is 35.5. The minimum absolute atomic E-state index is 0.0850. The maximum Gasteiger partial charge on any atom is 0.351 e. The van der Waals surface area contributed by atoms with E-state index in [1.54, 1.807) is 0 Å². The molecule has 2 saturated heterocycles. The molecule has 0 saturated carbocycles. The number of nitrogen functional groups attached to an aromatic ring is 1. The summed E-state index contributed by atoms with van der Waals surface area (Å²) in [4.78, 5) is 15.7. The molecule has 0 amide bonds. The molecule has 3 rings (SSSR count). The summed E-state index contributed by atoms with van der Waals surface area (Å²) >= 11 is 18.3. The van der Waals surface area contributed by atoms with Crippen molar-refractivity contribution >= 4 is 47.5 Å². The molecule has 24 heavy (non-hydrogen) atoms. The van der Waals surface area contributed by atoms with Gasteiger partial charge in [-0.1, -0.05) is 23.2 Å². The molecule has 2 N–H and O–H groups in total. The summed E-state index contributed by atoms with van der Waals surface area (Å²) in [6.07, 6.45) is -1.21. The summed E-state index contributed by atoms with van der Waals surface area (Å²) in [6, 6.07) is 1.44. The maximum absolute atomic E-state index is 12.1. The smallest absolute Gasteiger partial charge is 0.351 e. The molecule has 0 unspecified atom stereocenters. The summed E-state index contributed by atoms with van der Waals surface area (Å²) in [7, 11) is 0. The van der Waals surface area contributed by atoms with Crippen LogP contribution in [0, 0.1) is 0 Å². The fourth-order valence-corrected chi connectivity index (χ4v) is 5.87. The molecule has 1 aromatic heterocycles. The molecule has 3 heterocycles. The second-order valence-electron chi connectivity index (χ2n) is 5.67. The molecule has 0 spiro atoms. The fourth-order valence-electron chi connectivity index (χ4n) is 2.48. The van der Waals surface area contributed by atoms with Crippen LogP contribution in [0.3, 0.4) is 0 Å². The Morgan fingerprint density at radius 2 is 2.29 bits per heavy atom. The Labute approximate surface area is 153 Å². The Bertz CT molecular complexity index is 746. The van der Waals surface area contributed by atoms with E-state index in [0.29, 0.717) is 0 Å². The van der Waals surface area contributed by atoms with Crippen molar-refractivity contribution in [3.05, 3.63) is 22.7 Å². The van der Waals surface area contributed by atoms with Gasteiger partial charge in [0.2, 0.25) is 0 Å². The minimum atomic E-state index is -3.00. The number of hydrogen-bond acceptors (Lipinski definition) is 8. The highest BCUT2D eigenvalue weighted by Gasteiger charge is 2.61. The van der Waals surface area contributed by atoms with Crippen molar-refractivity contribution in [3.8, 4) is 0 Å². The van der Waals surface area contributed by atoms with Crippen LogP contribution in [0.15, 0.2) is 17.1 Å². The first-order valence-electron chi connectivity index (χ1n) is 7.12. The number of nitrogens with two attached hydrogens (primary N) is 1. The van der Waals surface area contributed by atoms with E-state index in [1.807, 2.05) is 13.8 Å². The lowest BCUT2D eigenvalue weighted by Gasteiger charge is -2.36. The van der Waals surface area contributed by atoms with Crippen LogP contribution < -0.4 is 11.4 Å². The van der Waals surface area contributed by atoms with Crippen LogP contribution in [-0.4, -0.2) is 38.8 Å². The van der Waals surface area contributed by atoms with Crippen molar-refractivity contribution in [1.29, 1.82) is 0 Å². The van der Waals surface area contributed by atoms with Crippen LogP contribution in [0.4, 0.5) is 5.82 Å². The fraction of sp³-hybridized carbons (Fsp3) is 0.667. The van der Waals surface area contributed by atoms with E-state index in [9.17, 15) is 4.79 Å². The number of hydrogen-bond donors (Lipinski definition) is 1. The highest BCUT2D eigenvalue weighted by Crippen LogP contribution is 2.61. The van der Waals surface area contributed by atoms with Crippen molar-refractivity contribution in [2.24, 2.45) is 0 Å². The van der Waals surface area contributed by atoms with Crippen molar-refractivity contribution in [2.45, 2.75) is 42.7 Å². The number of rotatable bonds is 3. The van der Waals surface area contributed by atoms with Crippen LogP contribution in [0.5, 0.6) is 0 Å². The third kappa shape index (κ3) is 3.37. The second-order valence-corrected chi connectivity index (χ2v) is 10.0. The van der Waals surface area contributed by atoms with Crippen molar-refractivity contribution in [1.82, 2.24) is 9.55 Å². The second kappa shape index (κ2) is 6.48. The van der Waals surface area contributed by atoms with E-state index >= 15 is 0 Å². The summed E-state index contributed by atoms with van der Waals surface area (Å²) in [5.41, 5.74) is 4.85. The van der Waals surface area contributed by atoms with Gasteiger partial charge in [-0.25, -0.2) is 4.79 Å². The zero-order valence-corrected chi connectivity index (χ0v) is 16.0. The Kier molecular flexibility index (Phi) is 5.01. The molecular weight excluding hydrogens is 400 g/mol. The largest absolute Gasteiger partial charge is 0.383 e. The van der Waals surface area contributed by atoms with Gasteiger partial charge < -0.3 is 19.5 Å². The Morgan fingerprint density at radius 3 is 2.92 bits per heavy atom. The molecule has 4 atom stereocenters.